The average Bonchev–Trinajstić information content (AvgIpc) is 3.13. The van der Waals surface area contributed by atoms with Crippen LogP contribution in [0.25, 0.3) is 0 Å². The van der Waals surface area contributed by atoms with Gasteiger partial charge in [-0.05, 0) is 43.9 Å². The first kappa shape index (κ1) is 12.9. The van der Waals surface area contributed by atoms with E-state index in [9.17, 15) is 9.59 Å². The summed E-state index contributed by atoms with van der Waals surface area (Å²) in [6.45, 7) is 5.26. The minimum atomic E-state index is 0.175. The SMILES string of the molecule is CC(=O)N1CCC2(CC1)CC2C(=O)N1CCCCC1. The van der Waals surface area contributed by atoms with Crippen LogP contribution in [0.15, 0.2) is 0 Å². The molecule has 0 aromatic heterocycles. The molecule has 2 aliphatic heterocycles. The molecule has 19 heavy (non-hydrogen) atoms. The number of amides is 2. The number of nitrogens with zero attached hydrogens (tertiary/aromatic N) is 2. The molecule has 4 heteroatoms. The lowest BCUT2D eigenvalue weighted by atomic mass is 9.90. The van der Waals surface area contributed by atoms with Crippen LogP contribution in [-0.4, -0.2) is 47.8 Å². The summed E-state index contributed by atoms with van der Waals surface area (Å²) in [7, 11) is 0. The number of hydrogen-bond acceptors (Lipinski definition) is 2. The van der Waals surface area contributed by atoms with E-state index in [0.717, 1.165) is 45.4 Å². The Hall–Kier alpha value is -1.06. The van der Waals surface area contributed by atoms with Gasteiger partial charge in [0.2, 0.25) is 11.8 Å². The van der Waals surface area contributed by atoms with Gasteiger partial charge in [-0.15, -0.1) is 0 Å². The molecule has 1 saturated carbocycles. The van der Waals surface area contributed by atoms with Gasteiger partial charge in [-0.1, -0.05) is 0 Å². The number of carbonyl (C=O) groups excluding carboxylic acids is 2. The molecule has 3 aliphatic rings. The number of rotatable bonds is 1. The van der Waals surface area contributed by atoms with Gasteiger partial charge in [0.15, 0.2) is 0 Å². The van der Waals surface area contributed by atoms with Gasteiger partial charge in [-0.2, -0.15) is 0 Å². The Morgan fingerprint density at radius 3 is 2.16 bits per heavy atom. The van der Waals surface area contributed by atoms with Crippen molar-refractivity contribution in [2.75, 3.05) is 26.2 Å². The Morgan fingerprint density at radius 2 is 1.58 bits per heavy atom. The van der Waals surface area contributed by atoms with Gasteiger partial charge in [0.1, 0.15) is 0 Å². The Labute approximate surface area is 115 Å². The molecule has 0 N–H and O–H groups in total. The smallest absolute Gasteiger partial charge is 0.226 e. The molecule has 0 radical (unpaired) electrons. The van der Waals surface area contributed by atoms with E-state index in [4.69, 9.17) is 0 Å². The van der Waals surface area contributed by atoms with Gasteiger partial charge in [0.25, 0.3) is 0 Å². The van der Waals surface area contributed by atoms with Crippen molar-refractivity contribution in [1.29, 1.82) is 0 Å². The Bertz CT molecular complexity index is 380. The highest BCUT2D eigenvalue weighted by molar-refractivity contribution is 5.83. The van der Waals surface area contributed by atoms with Crippen molar-refractivity contribution >= 4 is 11.8 Å². The van der Waals surface area contributed by atoms with Crippen molar-refractivity contribution in [3.05, 3.63) is 0 Å². The summed E-state index contributed by atoms with van der Waals surface area (Å²) in [5, 5.41) is 0. The topological polar surface area (TPSA) is 40.6 Å². The van der Waals surface area contributed by atoms with Gasteiger partial charge in [-0.25, -0.2) is 0 Å². The molecule has 2 saturated heterocycles. The van der Waals surface area contributed by atoms with Crippen molar-refractivity contribution in [2.24, 2.45) is 11.3 Å². The molecule has 0 bridgehead atoms. The summed E-state index contributed by atoms with van der Waals surface area (Å²) in [5.74, 6) is 0.838. The van der Waals surface area contributed by atoms with E-state index in [1.807, 2.05) is 4.90 Å². The molecule has 2 heterocycles. The lowest BCUT2D eigenvalue weighted by molar-refractivity contribution is -0.135. The van der Waals surface area contributed by atoms with Crippen molar-refractivity contribution in [3.8, 4) is 0 Å². The van der Waals surface area contributed by atoms with Gasteiger partial charge >= 0.3 is 0 Å². The second-order valence-electron chi connectivity index (χ2n) is 6.51. The fourth-order valence-electron chi connectivity index (χ4n) is 3.85. The number of piperidine rings is 2. The summed E-state index contributed by atoms with van der Waals surface area (Å²) in [6, 6.07) is 0. The number of carbonyl (C=O) groups is 2. The van der Waals surface area contributed by atoms with E-state index in [0.29, 0.717) is 5.91 Å². The van der Waals surface area contributed by atoms with Crippen molar-refractivity contribution < 1.29 is 9.59 Å². The van der Waals surface area contributed by atoms with Crippen LogP contribution in [-0.2, 0) is 9.59 Å². The van der Waals surface area contributed by atoms with Crippen molar-refractivity contribution in [3.63, 3.8) is 0 Å². The third-order valence-corrected chi connectivity index (χ3v) is 5.36. The first-order valence-corrected chi connectivity index (χ1v) is 7.67. The van der Waals surface area contributed by atoms with E-state index in [1.165, 1.54) is 19.3 Å². The largest absolute Gasteiger partial charge is 0.343 e. The third kappa shape index (κ3) is 2.37. The summed E-state index contributed by atoms with van der Waals surface area (Å²) < 4.78 is 0. The van der Waals surface area contributed by atoms with Gasteiger partial charge in [0.05, 0.1) is 0 Å². The molecule has 3 rings (SSSR count). The normalized spacial score (nSPS) is 29.4. The van der Waals surface area contributed by atoms with Gasteiger partial charge < -0.3 is 9.80 Å². The molecule has 1 unspecified atom stereocenters. The molecule has 0 aromatic rings. The molecule has 0 aromatic carbocycles. The van der Waals surface area contributed by atoms with Crippen LogP contribution in [0.1, 0.15) is 45.4 Å². The standard InChI is InChI=1S/C15H24N2O2/c1-12(18)16-9-5-15(6-10-16)11-13(15)14(19)17-7-3-2-4-8-17/h13H,2-11H2,1H3. The highest BCUT2D eigenvalue weighted by Gasteiger charge is 2.59. The Kier molecular flexibility index (Phi) is 3.27. The zero-order valence-electron chi connectivity index (χ0n) is 11.9. The number of likely N-dealkylation sites (tertiary alicyclic amines) is 2. The van der Waals surface area contributed by atoms with Crippen LogP contribution in [0.4, 0.5) is 0 Å². The predicted molar refractivity (Wildman–Crippen MR) is 72.5 cm³/mol. The summed E-state index contributed by atoms with van der Waals surface area (Å²) >= 11 is 0. The maximum absolute atomic E-state index is 12.5. The summed E-state index contributed by atoms with van der Waals surface area (Å²) in [5.41, 5.74) is 0.250. The molecule has 2 amide bonds. The van der Waals surface area contributed by atoms with E-state index < -0.39 is 0 Å². The first-order chi connectivity index (χ1) is 9.12. The second kappa shape index (κ2) is 4.80. The maximum Gasteiger partial charge on any atom is 0.226 e. The maximum atomic E-state index is 12.5. The molecule has 4 nitrogen and oxygen atoms in total. The van der Waals surface area contributed by atoms with E-state index in [1.54, 1.807) is 6.92 Å². The lowest BCUT2D eigenvalue weighted by Crippen LogP contribution is -2.41. The second-order valence-corrected chi connectivity index (χ2v) is 6.51. The quantitative estimate of drug-likeness (QED) is 0.722. The minimum absolute atomic E-state index is 0.175. The fraction of sp³-hybridized carbons (Fsp3) is 0.867. The zero-order valence-corrected chi connectivity index (χ0v) is 11.9. The third-order valence-electron chi connectivity index (χ3n) is 5.36. The van der Waals surface area contributed by atoms with Crippen LogP contribution in [0.5, 0.6) is 0 Å². The Balaban J connectivity index is 1.55. The summed E-state index contributed by atoms with van der Waals surface area (Å²) in [4.78, 5) is 27.8. The molecule has 1 spiro atoms. The minimum Gasteiger partial charge on any atom is -0.343 e. The monoisotopic (exact) mass is 264 g/mol. The Morgan fingerprint density at radius 1 is 0.947 bits per heavy atom. The van der Waals surface area contributed by atoms with E-state index in [-0.39, 0.29) is 17.2 Å². The van der Waals surface area contributed by atoms with Crippen molar-refractivity contribution in [1.82, 2.24) is 9.80 Å². The molecule has 106 valence electrons. The predicted octanol–water partition coefficient (Wildman–Crippen LogP) is 1.65. The van der Waals surface area contributed by atoms with E-state index >= 15 is 0 Å². The van der Waals surface area contributed by atoms with Crippen LogP contribution < -0.4 is 0 Å². The molecule has 1 aliphatic carbocycles. The highest BCUT2D eigenvalue weighted by Crippen LogP contribution is 2.60. The fourth-order valence-corrected chi connectivity index (χ4v) is 3.85. The molecular formula is C15H24N2O2. The van der Waals surface area contributed by atoms with E-state index in [2.05, 4.69) is 4.90 Å². The summed E-state index contributed by atoms with van der Waals surface area (Å²) in [6.07, 6.45) is 6.72. The number of hydrogen-bond donors (Lipinski definition) is 0. The van der Waals surface area contributed by atoms with Crippen LogP contribution in [0.3, 0.4) is 0 Å². The molecule has 1 atom stereocenters. The van der Waals surface area contributed by atoms with Crippen LogP contribution in [0.2, 0.25) is 0 Å². The molecular weight excluding hydrogens is 240 g/mol. The van der Waals surface area contributed by atoms with Crippen LogP contribution >= 0.6 is 0 Å². The average molecular weight is 264 g/mol. The lowest BCUT2D eigenvalue weighted by Gasteiger charge is -2.33. The first-order valence-electron chi connectivity index (χ1n) is 7.67. The van der Waals surface area contributed by atoms with Crippen LogP contribution in [0, 0.1) is 11.3 Å². The highest BCUT2D eigenvalue weighted by atomic mass is 16.2. The molecule has 3 fully saturated rings. The van der Waals surface area contributed by atoms with Crippen molar-refractivity contribution in [2.45, 2.75) is 45.4 Å². The zero-order chi connectivity index (χ0) is 13.5. The van der Waals surface area contributed by atoms with Gasteiger partial charge in [-0.3, -0.25) is 9.59 Å². The van der Waals surface area contributed by atoms with Gasteiger partial charge in [0, 0.05) is 39.0 Å².